The Kier molecular flexibility index (Phi) is 12.3. The maximum Gasteiger partial charge on any atom is 0.191 e. The minimum atomic E-state index is -3.21. The molecule has 0 saturated carbocycles. The van der Waals surface area contributed by atoms with Gasteiger partial charge in [-0.15, -0.1) is 24.0 Å². The van der Waals surface area contributed by atoms with Crippen molar-refractivity contribution in [2.75, 3.05) is 52.1 Å². The number of benzene rings is 1. The van der Waals surface area contributed by atoms with Gasteiger partial charge < -0.3 is 15.5 Å². The van der Waals surface area contributed by atoms with Crippen molar-refractivity contribution in [3.63, 3.8) is 0 Å². The smallest absolute Gasteiger partial charge is 0.191 e. The van der Waals surface area contributed by atoms with Gasteiger partial charge in [0.25, 0.3) is 0 Å². The molecule has 10 heteroatoms. The number of likely N-dealkylation sites (N-methyl/N-ethyl adjacent to an activating group) is 1. The SMILES string of the molecule is CCNC(=NCc1cc(F)ccc1CS(C)(=O)=O)NCC(C)N1CCN(CC)CC1.I. The van der Waals surface area contributed by atoms with Crippen molar-refractivity contribution in [2.24, 2.45) is 4.99 Å². The second-order valence-corrected chi connectivity index (χ2v) is 10.0. The van der Waals surface area contributed by atoms with Crippen LogP contribution in [0, 0.1) is 5.82 Å². The van der Waals surface area contributed by atoms with Crippen molar-refractivity contribution in [1.29, 1.82) is 0 Å². The van der Waals surface area contributed by atoms with E-state index in [4.69, 9.17) is 0 Å². The molecule has 1 atom stereocenters. The van der Waals surface area contributed by atoms with Crippen molar-refractivity contribution in [3.05, 3.63) is 35.1 Å². The van der Waals surface area contributed by atoms with Crippen LogP contribution in [-0.2, 0) is 22.1 Å². The van der Waals surface area contributed by atoms with Gasteiger partial charge in [-0.2, -0.15) is 0 Å². The van der Waals surface area contributed by atoms with Crippen LogP contribution in [0.1, 0.15) is 31.9 Å². The van der Waals surface area contributed by atoms with E-state index in [1.165, 1.54) is 24.5 Å². The van der Waals surface area contributed by atoms with E-state index in [1.54, 1.807) is 0 Å². The lowest BCUT2D eigenvalue weighted by Gasteiger charge is -2.37. The Labute approximate surface area is 203 Å². The lowest BCUT2D eigenvalue weighted by Crippen LogP contribution is -2.53. The van der Waals surface area contributed by atoms with Gasteiger partial charge in [0.05, 0.1) is 12.3 Å². The maximum absolute atomic E-state index is 13.7. The molecule has 0 radical (unpaired) electrons. The Hall–Kier alpha value is -0.980. The summed E-state index contributed by atoms with van der Waals surface area (Å²) in [5, 5.41) is 6.58. The lowest BCUT2D eigenvalue weighted by atomic mass is 10.1. The minimum absolute atomic E-state index is 0. The van der Waals surface area contributed by atoms with Crippen LogP contribution < -0.4 is 10.6 Å². The average Bonchev–Trinajstić information content (AvgIpc) is 2.70. The Bertz CT molecular complexity index is 814. The Balaban J connectivity index is 0.00000480. The van der Waals surface area contributed by atoms with Crippen LogP contribution in [-0.4, -0.2) is 82.3 Å². The first kappa shape index (κ1) is 28.1. The van der Waals surface area contributed by atoms with Gasteiger partial charge in [0.15, 0.2) is 15.8 Å². The summed E-state index contributed by atoms with van der Waals surface area (Å²) in [6, 6.07) is 4.54. The molecule has 2 rings (SSSR count). The normalized spacial score (nSPS) is 17.1. The third-order valence-corrected chi connectivity index (χ3v) is 6.22. The number of piperazine rings is 1. The zero-order valence-electron chi connectivity index (χ0n) is 19.0. The van der Waals surface area contributed by atoms with E-state index >= 15 is 0 Å². The van der Waals surface area contributed by atoms with Crippen LogP contribution in [0.3, 0.4) is 0 Å². The zero-order valence-corrected chi connectivity index (χ0v) is 22.2. The molecule has 1 aromatic carbocycles. The largest absolute Gasteiger partial charge is 0.357 e. The molecular formula is C21H37FIN5O2S. The van der Waals surface area contributed by atoms with Gasteiger partial charge in [0, 0.05) is 51.6 Å². The van der Waals surface area contributed by atoms with Crippen molar-refractivity contribution in [3.8, 4) is 0 Å². The molecule has 178 valence electrons. The van der Waals surface area contributed by atoms with Gasteiger partial charge in [0.1, 0.15) is 5.82 Å². The summed E-state index contributed by atoms with van der Waals surface area (Å²) in [7, 11) is -3.21. The fourth-order valence-electron chi connectivity index (χ4n) is 3.56. The van der Waals surface area contributed by atoms with E-state index in [0.717, 1.165) is 39.3 Å². The summed E-state index contributed by atoms with van der Waals surface area (Å²) in [6.45, 7) is 13.4. The van der Waals surface area contributed by atoms with Gasteiger partial charge in [-0.05, 0) is 43.7 Å². The summed E-state index contributed by atoms with van der Waals surface area (Å²) in [6.07, 6.45) is 1.18. The third kappa shape index (κ3) is 10.0. The highest BCUT2D eigenvalue weighted by Gasteiger charge is 2.20. The van der Waals surface area contributed by atoms with E-state index in [9.17, 15) is 12.8 Å². The molecular weight excluding hydrogens is 532 g/mol. The van der Waals surface area contributed by atoms with E-state index in [-0.39, 0.29) is 36.3 Å². The second kappa shape index (κ2) is 13.5. The fourth-order valence-corrected chi connectivity index (χ4v) is 4.41. The Morgan fingerprint density at radius 3 is 2.42 bits per heavy atom. The monoisotopic (exact) mass is 569 g/mol. The molecule has 0 aliphatic carbocycles. The van der Waals surface area contributed by atoms with Crippen molar-refractivity contribution in [1.82, 2.24) is 20.4 Å². The summed E-state index contributed by atoms with van der Waals surface area (Å²) in [5.74, 6) is 0.129. The van der Waals surface area contributed by atoms with Crippen LogP contribution in [0.2, 0.25) is 0 Å². The Morgan fingerprint density at radius 1 is 1.16 bits per heavy atom. The highest BCUT2D eigenvalue weighted by atomic mass is 127. The Morgan fingerprint density at radius 2 is 1.84 bits per heavy atom. The average molecular weight is 570 g/mol. The quantitative estimate of drug-likeness (QED) is 0.270. The predicted molar refractivity (Wildman–Crippen MR) is 136 cm³/mol. The molecule has 1 aromatic rings. The van der Waals surface area contributed by atoms with Gasteiger partial charge >= 0.3 is 0 Å². The first-order chi connectivity index (χ1) is 14.2. The fraction of sp³-hybridized carbons (Fsp3) is 0.667. The molecule has 31 heavy (non-hydrogen) atoms. The molecule has 0 bridgehead atoms. The first-order valence-corrected chi connectivity index (χ1v) is 12.7. The molecule has 0 aromatic heterocycles. The number of halogens is 2. The summed E-state index contributed by atoms with van der Waals surface area (Å²) < 4.78 is 37.1. The highest BCUT2D eigenvalue weighted by molar-refractivity contribution is 14.0. The second-order valence-electron chi connectivity index (χ2n) is 7.88. The van der Waals surface area contributed by atoms with Crippen LogP contribution in [0.5, 0.6) is 0 Å². The lowest BCUT2D eigenvalue weighted by molar-refractivity contribution is 0.107. The zero-order chi connectivity index (χ0) is 22.1. The number of guanidine groups is 1. The van der Waals surface area contributed by atoms with E-state index in [1.807, 2.05) is 6.92 Å². The summed E-state index contributed by atoms with van der Waals surface area (Å²) in [4.78, 5) is 9.49. The predicted octanol–water partition coefficient (Wildman–Crippen LogP) is 2.07. The summed E-state index contributed by atoms with van der Waals surface area (Å²) in [5.41, 5.74) is 1.17. The maximum atomic E-state index is 13.7. The number of sulfone groups is 1. The van der Waals surface area contributed by atoms with Gasteiger partial charge in [-0.1, -0.05) is 13.0 Å². The van der Waals surface area contributed by atoms with Crippen LogP contribution in [0.25, 0.3) is 0 Å². The molecule has 1 unspecified atom stereocenters. The van der Waals surface area contributed by atoms with Crippen molar-refractivity contribution >= 4 is 39.8 Å². The standard InChI is InChI=1S/C21H36FN5O2S.HI/c1-5-23-21(24-14-17(3)27-11-9-26(6-2)10-12-27)25-15-19-13-20(22)8-7-18(19)16-30(4,28)29;/h7-8,13,17H,5-6,9-12,14-16H2,1-4H3,(H2,23,24,25);1H. The molecule has 7 nitrogen and oxygen atoms in total. The summed E-state index contributed by atoms with van der Waals surface area (Å²) >= 11 is 0. The van der Waals surface area contributed by atoms with E-state index in [0.29, 0.717) is 29.7 Å². The van der Waals surface area contributed by atoms with Gasteiger partial charge in [-0.3, -0.25) is 4.90 Å². The van der Waals surface area contributed by atoms with Crippen molar-refractivity contribution in [2.45, 2.75) is 39.1 Å². The highest BCUT2D eigenvalue weighted by Crippen LogP contribution is 2.15. The third-order valence-electron chi connectivity index (χ3n) is 5.38. The number of rotatable bonds is 9. The number of hydrogen-bond donors (Lipinski definition) is 2. The topological polar surface area (TPSA) is 77.0 Å². The molecule has 1 aliphatic rings. The molecule has 1 fully saturated rings. The molecule has 0 spiro atoms. The molecule has 2 N–H and O–H groups in total. The van der Waals surface area contributed by atoms with Crippen LogP contribution >= 0.6 is 24.0 Å². The van der Waals surface area contributed by atoms with Crippen molar-refractivity contribution < 1.29 is 12.8 Å². The number of aliphatic imine (C=N–C) groups is 1. The first-order valence-electron chi connectivity index (χ1n) is 10.7. The van der Waals surface area contributed by atoms with Crippen LogP contribution in [0.4, 0.5) is 4.39 Å². The van der Waals surface area contributed by atoms with E-state index in [2.05, 4.69) is 39.3 Å². The van der Waals surface area contributed by atoms with E-state index < -0.39 is 15.7 Å². The van der Waals surface area contributed by atoms with Gasteiger partial charge in [0.2, 0.25) is 0 Å². The van der Waals surface area contributed by atoms with Gasteiger partial charge in [-0.25, -0.2) is 17.8 Å². The molecule has 1 saturated heterocycles. The molecule has 1 heterocycles. The molecule has 0 amide bonds. The van der Waals surface area contributed by atoms with Crippen LogP contribution in [0.15, 0.2) is 23.2 Å². The number of hydrogen-bond acceptors (Lipinski definition) is 5. The number of nitrogens with zero attached hydrogens (tertiary/aromatic N) is 3. The number of nitrogens with one attached hydrogen (secondary N) is 2. The minimum Gasteiger partial charge on any atom is -0.357 e. The molecule has 1 aliphatic heterocycles.